The van der Waals surface area contributed by atoms with Crippen LogP contribution in [0.2, 0.25) is 0 Å². The van der Waals surface area contributed by atoms with E-state index in [1.54, 1.807) is 43.4 Å². The highest BCUT2D eigenvalue weighted by molar-refractivity contribution is 6.06. The van der Waals surface area contributed by atoms with Crippen molar-refractivity contribution in [3.05, 3.63) is 75.0 Å². The monoisotopic (exact) mass is 335 g/mol. The van der Waals surface area contributed by atoms with Crippen molar-refractivity contribution in [3.8, 4) is 0 Å². The lowest BCUT2D eigenvalue weighted by molar-refractivity contribution is 0.102. The fourth-order valence-corrected chi connectivity index (χ4v) is 2.74. The van der Waals surface area contributed by atoms with Crippen molar-refractivity contribution < 1.29 is 9.21 Å². The molecule has 0 saturated heterocycles. The number of carbonyl (C=O) groups is 1. The number of pyridine rings is 1. The Balaban J connectivity index is 1.73. The van der Waals surface area contributed by atoms with Gasteiger partial charge in [-0.3, -0.25) is 14.2 Å². The predicted molar refractivity (Wildman–Crippen MR) is 94.0 cm³/mol. The van der Waals surface area contributed by atoms with E-state index in [1.807, 2.05) is 6.07 Å². The molecule has 2 aromatic carbocycles. The van der Waals surface area contributed by atoms with Gasteiger partial charge in [0.25, 0.3) is 5.91 Å². The number of rotatable bonds is 2. The quantitative estimate of drug-likeness (QED) is 0.587. The van der Waals surface area contributed by atoms with Crippen LogP contribution in [0.3, 0.4) is 0 Å². The zero-order valence-corrected chi connectivity index (χ0v) is 13.2. The number of aromatic amines is 1. The first-order valence-corrected chi connectivity index (χ1v) is 7.56. The summed E-state index contributed by atoms with van der Waals surface area (Å²) >= 11 is 0. The molecule has 2 N–H and O–H groups in total. The number of benzene rings is 2. The molecule has 0 bridgehead atoms. The summed E-state index contributed by atoms with van der Waals surface area (Å²) in [5, 5.41) is 3.12. The van der Waals surface area contributed by atoms with Gasteiger partial charge < -0.3 is 14.7 Å². The van der Waals surface area contributed by atoms with Crippen LogP contribution in [0, 0.1) is 0 Å². The van der Waals surface area contributed by atoms with Gasteiger partial charge in [0, 0.05) is 29.8 Å². The number of nitrogens with zero attached hydrogens (tertiary/aromatic N) is 1. The molecular formula is C18H13N3O4. The van der Waals surface area contributed by atoms with E-state index in [9.17, 15) is 14.4 Å². The highest BCUT2D eigenvalue weighted by atomic mass is 16.4. The predicted octanol–water partition coefficient (Wildman–Crippen LogP) is 2.23. The molecule has 0 aliphatic heterocycles. The van der Waals surface area contributed by atoms with E-state index in [-0.39, 0.29) is 11.0 Å². The van der Waals surface area contributed by atoms with Crippen LogP contribution in [0.4, 0.5) is 5.69 Å². The number of fused-ring (bicyclic) bond motifs is 2. The van der Waals surface area contributed by atoms with Gasteiger partial charge in [-0.15, -0.1) is 0 Å². The molecule has 124 valence electrons. The van der Waals surface area contributed by atoms with Crippen molar-refractivity contribution in [2.75, 3.05) is 5.32 Å². The average Bonchev–Trinajstić information content (AvgIpc) is 2.90. The lowest BCUT2D eigenvalue weighted by atomic mass is 10.1. The van der Waals surface area contributed by atoms with Crippen LogP contribution in [0.25, 0.3) is 22.0 Å². The number of anilines is 1. The van der Waals surface area contributed by atoms with Crippen LogP contribution in [-0.2, 0) is 7.05 Å². The summed E-state index contributed by atoms with van der Waals surface area (Å²) < 4.78 is 6.39. The number of amides is 1. The number of H-pyrrole nitrogens is 1. The van der Waals surface area contributed by atoms with E-state index >= 15 is 0 Å². The summed E-state index contributed by atoms with van der Waals surface area (Å²) in [6.07, 6.45) is 1.39. The minimum atomic E-state index is -0.528. The fraction of sp³-hybridized carbons (Fsp3) is 0.0556. The molecule has 0 spiro atoms. The van der Waals surface area contributed by atoms with Crippen molar-refractivity contribution in [1.29, 1.82) is 0 Å². The number of hydrogen-bond acceptors (Lipinski definition) is 4. The molecule has 2 heterocycles. The van der Waals surface area contributed by atoms with E-state index in [2.05, 4.69) is 10.3 Å². The Labute approximate surface area is 140 Å². The van der Waals surface area contributed by atoms with Gasteiger partial charge in [-0.2, -0.15) is 0 Å². The second-order valence-electron chi connectivity index (χ2n) is 5.64. The fourth-order valence-electron chi connectivity index (χ4n) is 2.74. The molecule has 0 radical (unpaired) electrons. The minimum Gasteiger partial charge on any atom is -0.408 e. The zero-order chi connectivity index (χ0) is 17.6. The number of nitrogens with one attached hydrogen (secondary N) is 2. The molecule has 2 aromatic heterocycles. The van der Waals surface area contributed by atoms with Gasteiger partial charge in [0.05, 0.1) is 5.52 Å². The van der Waals surface area contributed by atoms with Gasteiger partial charge in [0.1, 0.15) is 5.56 Å². The topological polar surface area (TPSA) is 97.1 Å². The first-order valence-electron chi connectivity index (χ1n) is 7.56. The number of aryl methyl sites for hydroxylation is 1. The van der Waals surface area contributed by atoms with Crippen LogP contribution in [0.15, 0.2) is 62.7 Å². The first kappa shape index (κ1) is 14.9. The Morgan fingerprint density at radius 1 is 1.16 bits per heavy atom. The summed E-state index contributed by atoms with van der Waals surface area (Å²) in [4.78, 5) is 39.4. The Kier molecular flexibility index (Phi) is 3.28. The third-order valence-electron chi connectivity index (χ3n) is 4.08. The number of para-hydroxylation sites is 1. The maximum Gasteiger partial charge on any atom is 0.419 e. The summed E-state index contributed by atoms with van der Waals surface area (Å²) in [6.45, 7) is 0. The molecule has 4 aromatic rings. The van der Waals surface area contributed by atoms with Crippen LogP contribution in [0.5, 0.6) is 0 Å². The first-order chi connectivity index (χ1) is 12.0. The molecule has 25 heavy (non-hydrogen) atoms. The molecule has 0 aliphatic carbocycles. The second-order valence-corrected chi connectivity index (χ2v) is 5.64. The Bertz CT molecular complexity index is 1250. The van der Waals surface area contributed by atoms with Crippen molar-refractivity contribution in [2.24, 2.45) is 7.05 Å². The molecule has 4 rings (SSSR count). The summed E-state index contributed by atoms with van der Waals surface area (Å²) in [6, 6.07) is 11.8. The molecule has 7 heteroatoms. The van der Waals surface area contributed by atoms with Crippen LogP contribution >= 0.6 is 0 Å². The maximum absolute atomic E-state index is 12.5. The van der Waals surface area contributed by atoms with Crippen molar-refractivity contribution in [2.45, 2.75) is 0 Å². The largest absolute Gasteiger partial charge is 0.419 e. The van der Waals surface area contributed by atoms with Crippen molar-refractivity contribution in [1.82, 2.24) is 9.55 Å². The molecular weight excluding hydrogens is 322 g/mol. The molecule has 0 fully saturated rings. The molecule has 0 unspecified atom stereocenters. The van der Waals surface area contributed by atoms with E-state index in [1.165, 1.54) is 10.8 Å². The summed E-state index contributed by atoms with van der Waals surface area (Å²) in [7, 11) is 1.58. The normalized spacial score (nSPS) is 11.1. The minimum absolute atomic E-state index is 0.0138. The van der Waals surface area contributed by atoms with Crippen molar-refractivity contribution >= 4 is 33.6 Å². The van der Waals surface area contributed by atoms with Crippen LogP contribution in [0.1, 0.15) is 10.4 Å². The average molecular weight is 335 g/mol. The van der Waals surface area contributed by atoms with Gasteiger partial charge in [-0.05, 0) is 30.3 Å². The van der Waals surface area contributed by atoms with Gasteiger partial charge in [-0.25, -0.2) is 4.79 Å². The van der Waals surface area contributed by atoms with E-state index in [0.717, 1.165) is 0 Å². The third kappa shape index (κ3) is 2.42. The van der Waals surface area contributed by atoms with Gasteiger partial charge in [-0.1, -0.05) is 12.1 Å². The second kappa shape index (κ2) is 5.48. The molecule has 0 saturated carbocycles. The smallest absolute Gasteiger partial charge is 0.408 e. The number of hydrogen-bond donors (Lipinski definition) is 2. The standard InChI is InChI=1S/C18H13N3O4/c1-21-14-8-10(6-7-15(14)25-18(21)24)20-17(23)12-9-19-13-5-3-2-4-11(13)16(12)22/h2-9H,1H3,(H,19,22)(H,20,23). The SMILES string of the molecule is Cn1c(=O)oc2ccc(NC(=O)c3c[nH]c4ccccc4c3=O)cc21. The molecule has 1 amide bonds. The molecule has 0 aliphatic rings. The maximum atomic E-state index is 12.5. The third-order valence-corrected chi connectivity index (χ3v) is 4.08. The lowest BCUT2D eigenvalue weighted by Gasteiger charge is -2.06. The number of oxazole rings is 1. The van der Waals surface area contributed by atoms with Crippen LogP contribution in [-0.4, -0.2) is 15.5 Å². The highest BCUT2D eigenvalue weighted by Gasteiger charge is 2.14. The zero-order valence-electron chi connectivity index (χ0n) is 13.2. The van der Waals surface area contributed by atoms with Gasteiger partial charge >= 0.3 is 5.76 Å². The van der Waals surface area contributed by atoms with Gasteiger partial charge in [0.15, 0.2) is 5.58 Å². The summed E-state index contributed by atoms with van der Waals surface area (Å²) in [5.41, 5.74) is 1.77. The molecule has 0 atom stereocenters. The highest BCUT2D eigenvalue weighted by Crippen LogP contribution is 2.18. The van der Waals surface area contributed by atoms with E-state index in [0.29, 0.717) is 27.7 Å². The Morgan fingerprint density at radius 2 is 1.96 bits per heavy atom. The van der Waals surface area contributed by atoms with Crippen LogP contribution < -0.4 is 16.5 Å². The number of aromatic nitrogens is 2. The molecule has 7 nitrogen and oxygen atoms in total. The van der Waals surface area contributed by atoms with E-state index in [4.69, 9.17) is 4.42 Å². The Hall–Kier alpha value is -3.61. The lowest BCUT2D eigenvalue weighted by Crippen LogP contribution is -2.21. The van der Waals surface area contributed by atoms with Gasteiger partial charge in [0.2, 0.25) is 5.43 Å². The Morgan fingerprint density at radius 3 is 2.80 bits per heavy atom. The van der Waals surface area contributed by atoms with Crippen molar-refractivity contribution in [3.63, 3.8) is 0 Å². The number of carbonyl (C=O) groups excluding carboxylic acids is 1. The summed E-state index contributed by atoms with van der Waals surface area (Å²) in [5.74, 6) is -1.01. The van der Waals surface area contributed by atoms with E-state index < -0.39 is 11.7 Å².